The van der Waals surface area contributed by atoms with E-state index in [2.05, 4.69) is 0 Å². The van der Waals surface area contributed by atoms with Crippen molar-refractivity contribution in [2.45, 2.75) is 68.9 Å². The van der Waals surface area contributed by atoms with Crippen molar-refractivity contribution in [3.63, 3.8) is 0 Å². The molecule has 0 saturated heterocycles. The van der Waals surface area contributed by atoms with E-state index in [-0.39, 0.29) is 17.8 Å². The van der Waals surface area contributed by atoms with Crippen LogP contribution in [0.15, 0.2) is 24.3 Å². The van der Waals surface area contributed by atoms with Gasteiger partial charge in [-0.1, -0.05) is 25.0 Å². The fourth-order valence-corrected chi connectivity index (χ4v) is 4.17. The Morgan fingerprint density at radius 3 is 2.56 bits per heavy atom. The fraction of sp³-hybridized carbons (Fsp3) is 0.579. The fourth-order valence-electron chi connectivity index (χ4n) is 4.17. The molecule has 0 spiro atoms. The molecule has 1 aromatic carbocycles. The molecule has 0 aliphatic heterocycles. The number of benzene rings is 1. The van der Waals surface area contributed by atoms with E-state index < -0.39 is 6.10 Å². The van der Waals surface area contributed by atoms with Crippen molar-refractivity contribution in [3.8, 4) is 5.69 Å². The lowest BCUT2D eigenvalue weighted by Gasteiger charge is -2.30. The third kappa shape index (κ3) is 3.20. The zero-order chi connectivity index (χ0) is 17.4. The second-order valence-corrected chi connectivity index (χ2v) is 7.41. The van der Waals surface area contributed by atoms with Gasteiger partial charge in [-0.15, -0.1) is 0 Å². The van der Waals surface area contributed by atoms with Gasteiger partial charge >= 0.3 is 0 Å². The smallest absolute Gasteiger partial charge is 0.154 e. The molecule has 5 nitrogen and oxygen atoms in total. The second kappa shape index (κ2) is 6.84. The average molecular weight is 344 g/mol. The first-order chi connectivity index (χ1) is 12.1. The largest absolute Gasteiger partial charge is 0.391 e. The van der Waals surface area contributed by atoms with E-state index in [9.17, 15) is 9.50 Å². The molecule has 0 radical (unpaired) electrons. The Morgan fingerprint density at radius 2 is 1.84 bits per heavy atom. The maximum atomic E-state index is 14.4. The van der Waals surface area contributed by atoms with Crippen molar-refractivity contribution in [1.82, 2.24) is 14.8 Å². The summed E-state index contributed by atoms with van der Waals surface area (Å²) in [6, 6.07) is 6.48. The molecule has 6 heteroatoms. The highest BCUT2D eigenvalue weighted by Crippen LogP contribution is 2.37. The number of nitrogens with zero attached hydrogens (tertiary/aromatic N) is 3. The maximum absolute atomic E-state index is 14.4. The van der Waals surface area contributed by atoms with Gasteiger partial charge in [-0.25, -0.2) is 14.1 Å². The summed E-state index contributed by atoms with van der Waals surface area (Å²) >= 11 is 0. The lowest BCUT2D eigenvalue weighted by Crippen LogP contribution is -2.40. The third-order valence-corrected chi connectivity index (χ3v) is 5.68. The van der Waals surface area contributed by atoms with Crippen molar-refractivity contribution in [2.24, 2.45) is 5.73 Å². The molecule has 0 amide bonds. The summed E-state index contributed by atoms with van der Waals surface area (Å²) in [5, 5.41) is 14.9. The van der Waals surface area contributed by atoms with Gasteiger partial charge in [0.25, 0.3) is 0 Å². The summed E-state index contributed by atoms with van der Waals surface area (Å²) in [5.74, 6) is 1.69. The molecular weight excluding hydrogens is 319 g/mol. The van der Waals surface area contributed by atoms with Gasteiger partial charge in [-0.05, 0) is 44.2 Å². The highest BCUT2D eigenvalue weighted by molar-refractivity contribution is 5.34. The van der Waals surface area contributed by atoms with Crippen LogP contribution in [0.25, 0.3) is 5.69 Å². The Hall–Kier alpha value is -1.79. The molecule has 1 heterocycles. The van der Waals surface area contributed by atoms with Gasteiger partial charge in [0.2, 0.25) is 0 Å². The normalized spacial score (nSPS) is 27.7. The molecule has 0 unspecified atom stereocenters. The van der Waals surface area contributed by atoms with Crippen LogP contribution in [0.1, 0.15) is 68.4 Å². The van der Waals surface area contributed by atoms with E-state index >= 15 is 0 Å². The molecule has 2 aliphatic rings. The van der Waals surface area contributed by atoms with Crippen LogP contribution in [0.2, 0.25) is 0 Å². The minimum absolute atomic E-state index is 0.0528. The van der Waals surface area contributed by atoms with Crippen LogP contribution in [0.4, 0.5) is 4.39 Å². The molecule has 25 heavy (non-hydrogen) atoms. The van der Waals surface area contributed by atoms with Crippen LogP contribution < -0.4 is 5.73 Å². The number of aliphatic hydroxyl groups is 1. The summed E-state index contributed by atoms with van der Waals surface area (Å²) in [6.45, 7) is 0. The summed E-state index contributed by atoms with van der Waals surface area (Å²) in [6.07, 6.45) is 6.19. The number of hydrogen-bond acceptors (Lipinski definition) is 4. The molecule has 2 aliphatic carbocycles. The Bertz CT molecular complexity index is 741. The molecule has 134 valence electrons. The highest BCUT2D eigenvalue weighted by atomic mass is 19.1. The number of aromatic nitrogens is 3. The van der Waals surface area contributed by atoms with Crippen molar-refractivity contribution in [3.05, 3.63) is 41.7 Å². The van der Waals surface area contributed by atoms with E-state index in [0.717, 1.165) is 37.3 Å². The zero-order valence-electron chi connectivity index (χ0n) is 14.3. The predicted molar refractivity (Wildman–Crippen MR) is 93.1 cm³/mol. The first-order valence-corrected chi connectivity index (χ1v) is 9.29. The topological polar surface area (TPSA) is 77.0 Å². The number of nitrogens with two attached hydrogens (primary N) is 1. The average Bonchev–Trinajstić information content (AvgIpc) is 3.27. The van der Waals surface area contributed by atoms with Crippen molar-refractivity contribution in [1.29, 1.82) is 0 Å². The summed E-state index contributed by atoms with van der Waals surface area (Å²) < 4.78 is 16.1. The Balaban J connectivity index is 1.74. The third-order valence-electron chi connectivity index (χ3n) is 5.68. The monoisotopic (exact) mass is 344 g/mol. The van der Waals surface area contributed by atoms with Gasteiger partial charge in [0.1, 0.15) is 17.3 Å². The minimum atomic E-state index is -0.542. The summed E-state index contributed by atoms with van der Waals surface area (Å²) in [4.78, 5) is 4.83. The molecule has 4 rings (SSSR count). The Labute approximate surface area is 147 Å². The molecule has 2 fully saturated rings. The van der Waals surface area contributed by atoms with E-state index in [1.807, 2.05) is 6.07 Å². The molecule has 0 bridgehead atoms. The first-order valence-electron chi connectivity index (χ1n) is 9.29. The quantitative estimate of drug-likeness (QED) is 0.897. The number of aliphatic hydroxyl groups excluding tert-OH is 1. The molecule has 1 aromatic heterocycles. The van der Waals surface area contributed by atoms with Gasteiger partial charge in [0.15, 0.2) is 5.82 Å². The van der Waals surface area contributed by atoms with Gasteiger partial charge in [-0.3, -0.25) is 0 Å². The van der Waals surface area contributed by atoms with Crippen LogP contribution in [0.5, 0.6) is 0 Å². The SMILES string of the molecule is N[C@@H]1CC[C@H](c2nc(C3CCCC3)nn2-c2ccccc2F)C[C@H]1O. The standard InChI is InChI=1S/C19H25FN4O/c20-14-7-3-4-8-16(14)24-19(13-9-10-15(21)17(25)11-13)22-18(23-24)12-5-1-2-6-12/h3-4,7-8,12-13,15,17,25H,1-2,5-6,9-11,21H2/t13-,15+,17+/m0/s1. The Kier molecular flexibility index (Phi) is 4.56. The van der Waals surface area contributed by atoms with Crippen molar-refractivity contribution < 1.29 is 9.50 Å². The highest BCUT2D eigenvalue weighted by Gasteiger charge is 2.33. The first kappa shape index (κ1) is 16.7. The van der Waals surface area contributed by atoms with Crippen molar-refractivity contribution >= 4 is 0 Å². The molecular formula is C19H25FN4O. The van der Waals surface area contributed by atoms with Gasteiger partial charge in [-0.2, -0.15) is 5.10 Å². The summed E-state index contributed by atoms with van der Waals surface area (Å²) in [7, 11) is 0. The molecule has 3 N–H and O–H groups in total. The lowest BCUT2D eigenvalue weighted by atomic mass is 9.84. The number of halogens is 1. The van der Waals surface area contributed by atoms with Crippen LogP contribution in [-0.4, -0.2) is 32.0 Å². The van der Waals surface area contributed by atoms with Crippen LogP contribution in [0, 0.1) is 5.82 Å². The van der Waals surface area contributed by atoms with E-state index in [4.69, 9.17) is 15.8 Å². The van der Waals surface area contributed by atoms with Crippen LogP contribution >= 0.6 is 0 Å². The maximum Gasteiger partial charge on any atom is 0.154 e. The van der Waals surface area contributed by atoms with Crippen molar-refractivity contribution in [2.75, 3.05) is 0 Å². The molecule has 2 aromatic rings. The van der Waals surface area contributed by atoms with Crippen LogP contribution in [0.3, 0.4) is 0 Å². The summed E-state index contributed by atoms with van der Waals surface area (Å²) in [5.41, 5.74) is 6.37. The van der Waals surface area contributed by atoms with Gasteiger partial charge in [0, 0.05) is 17.9 Å². The van der Waals surface area contributed by atoms with Crippen LogP contribution in [-0.2, 0) is 0 Å². The van der Waals surface area contributed by atoms with E-state index in [1.165, 1.54) is 18.9 Å². The number of hydrogen-bond donors (Lipinski definition) is 2. The minimum Gasteiger partial charge on any atom is -0.391 e. The predicted octanol–water partition coefficient (Wildman–Crippen LogP) is 3.02. The second-order valence-electron chi connectivity index (χ2n) is 7.41. The van der Waals surface area contributed by atoms with Gasteiger partial charge in [0.05, 0.1) is 6.10 Å². The van der Waals surface area contributed by atoms with E-state index in [0.29, 0.717) is 18.0 Å². The number of para-hydroxylation sites is 1. The van der Waals surface area contributed by atoms with E-state index in [1.54, 1.807) is 16.8 Å². The lowest BCUT2D eigenvalue weighted by molar-refractivity contribution is 0.0961. The molecule has 2 saturated carbocycles. The zero-order valence-corrected chi connectivity index (χ0v) is 14.3. The Morgan fingerprint density at radius 1 is 1.08 bits per heavy atom. The van der Waals surface area contributed by atoms with Gasteiger partial charge < -0.3 is 10.8 Å². The molecule has 3 atom stereocenters. The number of rotatable bonds is 3.